The molecule has 0 aromatic carbocycles. The smallest absolute Gasteiger partial charge is 0.131 e. The Morgan fingerprint density at radius 2 is 2.21 bits per heavy atom. The zero-order valence-electron chi connectivity index (χ0n) is 8.42. The Balaban J connectivity index is 2.07. The summed E-state index contributed by atoms with van der Waals surface area (Å²) in [5, 5.41) is 3.40. The van der Waals surface area contributed by atoms with Crippen LogP contribution in [0.25, 0.3) is 0 Å². The fraction of sp³-hybridized carbons (Fsp3) is 0.600. The summed E-state index contributed by atoms with van der Waals surface area (Å²) in [4.78, 5) is 8.50. The van der Waals surface area contributed by atoms with Gasteiger partial charge in [0.25, 0.3) is 0 Å². The van der Waals surface area contributed by atoms with Gasteiger partial charge in [-0.25, -0.2) is 9.97 Å². The Bertz CT molecular complexity index is 316. The number of hydrogen-bond donors (Lipinski definition) is 1. The van der Waals surface area contributed by atoms with Gasteiger partial charge < -0.3 is 5.32 Å². The molecule has 2 rings (SSSR count). The minimum absolute atomic E-state index is 0.524. The van der Waals surface area contributed by atoms with Crippen LogP contribution in [-0.4, -0.2) is 16.0 Å². The van der Waals surface area contributed by atoms with Crippen LogP contribution in [0.5, 0.6) is 0 Å². The zero-order valence-corrected chi connectivity index (χ0v) is 10.0. The van der Waals surface area contributed by atoms with E-state index in [0.29, 0.717) is 6.04 Å². The lowest BCUT2D eigenvalue weighted by molar-refractivity contribution is 0.689. The third kappa shape index (κ3) is 2.44. The lowest BCUT2D eigenvalue weighted by Crippen LogP contribution is -2.18. The third-order valence-electron chi connectivity index (χ3n) is 2.51. The topological polar surface area (TPSA) is 37.8 Å². The Morgan fingerprint density at radius 3 is 2.79 bits per heavy atom. The largest absolute Gasteiger partial charge is 0.367 e. The van der Waals surface area contributed by atoms with Crippen molar-refractivity contribution in [2.24, 2.45) is 5.92 Å². The Morgan fingerprint density at radius 1 is 1.50 bits per heavy atom. The summed E-state index contributed by atoms with van der Waals surface area (Å²) in [5.74, 6) is 2.55. The van der Waals surface area contributed by atoms with E-state index in [4.69, 9.17) is 0 Å². The van der Waals surface area contributed by atoms with Gasteiger partial charge in [0, 0.05) is 12.1 Å². The molecule has 0 spiro atoms. The van der Waals surface area contributed by atoms with Crippen molar-refractivity contribution >= 4 is 21.7 Å². The first-order valence-corrected chi connectivity index (χ1v) is 5.72. The number of halogens is 1. The van der Waals surface area contributed by atoms with Gasteiger partial charge >= 0.3 is 0 Å². The van der Waals surface area contributed by atoms with Crippen LogP contribution in [0.3, 0.4) is 0 Å². The first-order chi connectivity index (χ1) is 6.65. The molecule has 3 nitrogen and oxygen atoms in total. The van der Waals surface area contributed by atoms with E-state index in [0.717, 1.165) is 22.2 Å². The van der Waals surface area contributed by atoms with Crippen molar-refractivity contribution in [2.75, 3.05) is 5.32 Å². The minimum atomic E-state index is 0.524. The van der Waals surface area contributed by atoms with E-state index in [1.807, 2.05) is 13.0 Å². The van der Waals surface area contributed by atoms with Gasteiger partial charge in [0.15, 0.2) is 0 Å². The van der Waals surface area contributed by atoms with Crippen molar-refractivity contribution in [3.63, 3.8) is 0 Å². The second kappa shape index (κ2) is 3.85. The van der Waals surface area contributed by atoms with E-state index in [-0.39, 0.29) is 0 Å². The quantitative estimate of drug-likeness (QED) is 0.845. The molecule has 14 heavy (non-hydrogen) atoms. The molecule has 4 heteroatoms. The molecular formula is C10H14BrN3. The van der Waals surface area contributed by atoms with E-state index >= 15 is 0 Å². The van der Waals surface area contributed by atoms with Crippen molar-refractivity contribution in [3.05, 3.63) is 16.5 Å². The van der Waals surface area contributed by atoms with Gasteiger partial charge in [0.2, 0.25) is 0 Å². The summed E-state index contributed by atoms with van der Waals surface area (Å²) in [6, 6.07) is 2.45. The Hall–Kier alpha value is -0.640. The lowest BCUT2D eigenvalue weighted by Gasteiger charge is -2.13. The molecule has 1 unspecified atom stereocenters. The number of nitrogens with zero attached hydrogens (tertiary/aromatic N) is 2. The third-order valence-corrected chi connectivity index (χ3v) is 2.92. The predicted octanol–water partition coefficient (Wildman–Crippen LogP) is 2.76. The van der Waals surface area contributed by atoms with Gasteiger partial charge in [-0.2, -0.15) is 0 Å². The van der Waals surface area contributed by atoms with Gasteiger partial charge in [-0.05, 0) is 48.5 Å². The number of aryl methyl sites for hydroxylation is 1. The van der Waals surface area contributed by atoms with Crippen molar-refractivity contribution in [1.82, 2.24) is 9.97 Å². The molecule has 0 saturated heterocycles. The molecule has 1 saturated carbocycles. The zero-order chi connectivity index (χ0) is 10.1. The molecule has 0 amide bonds. The summed E-state index contributed by atoms with van der Waals surface area (Å²) in [5.41, 5.74) is 0. The normalized spacial score (nSPS) is 17.9. The molecule has 0 aliphatic heterocycles. The maximum atomic E-state index is 4.33. The number of aromatic nitrogens is 2. The number of nitrogens with one attached hydrogen (secondary N) is 1. The van der Waals surface area contributed by atoms with Crippen molar-refractivity contribution in [2.45, 2.75) is 32.7 Å². The van der Waals surface area contributed by atoms with Crippen LogP contribution in [-0.2, 0) is 0 Å². The summed E-state index contributed by atoms with van der Waals surface area (Å²) >= 11 is 3.36. The van der Waals surface area contributed by atoms with Crippen LogP contribution in [0.15, 0.2) is 10.7 Å². The molecule has 1 aliphatic carbocycles. The van der Waals surface area contributed by atoms with E-state index in [1.165, 1.54) is 12.8 Å². The van der Waals surface area contributed by atoms with Crippen LogP contribution >= 0.6 is 15.9 Å². The average molecular weight is 256 g/mol. The van der Waals surface area contributed by atoms with Gasteiger partial charge in [0.05, 0.1) is 0 Å². The molecule has 1 aromatic heterocycles. The molecule has 1 heterocycles. The number of hydrogen-bond acceptors (Lipinski definition) is 3. The van der Waals surface area contributed by atoms with Crippen LogP contribution in [0, 0.1) is 12.8 Å². The molecule has 0 bridgehead atoms. The van der Waals surface area contributed by atoms with E-state index in [9.17, 15) is 0 Å². The van der Waals surface area contributed by atoms with Gasteiger partial charge in [-0.3, -0.25) is 0 Å². The highest BCUT2D eigenvalue weighted by atomic mass is 79.9. The van der Waals surface area contributed by atoms with Crippen LogP contribution in [0.2, 0.25) is 0 Å². The summed E-state index contributed by atoms with van der Waals surface area (Å²) in [7, 11) is 0. The highest BCUT2D eigenvalue weighted by molar-refractivity contribution is 9.10. The van der Waals surface area contributed by atoms with Crippen molar-refractivity contribution < 1.29 is 0 Å². The highest BCUT2D eigenvalue weighted by Crippen LogP contribution is 2.33. The highest BCUT2D eigenvalue weighted by Gasteiger charge is 2.27. The lowest BCUT2D eigenvalue weighted by atomic mass is 10.2. The maximum Gasteiger partial charge on any atom is 0.131 e. The van der Waals surface area contributed by atoms with E-state index < -0.39 is 0 Å². The molecule has 1 atom stereocenters. The van der Waals surface area contributed by atoms with E-state index in [1.54, 1.807) is 0 Å². The van der Waals surface area contributed by atoms with Crippen LogP contribution in [0.4, 0.5) is 5.82 Å². The Labute approximate surface area is 92.5 Å². The molecule has 1 aromatic rings. The van der Waals surface area contributed by atoms with Crippen molar-refractivity contribution in [3.8, 4) is 0 Å². The van der Waals surface area contributed by atoms with E-state index in [2.05, 4.69) is 38.1 Å². The average Bonchev–Trinajstić information content (AvgIpc) is 2.82. The van der Waals surface area contributed by atoms with Gasteiger partial charge in [-0.15, -0.1) is 0 Å². The molecular weight excluding hydrogens is 242 g/mol. The summed E-state index contributed by atoms with van der Waals surface area (Å²) < 4.78 is 0.843. The molecule has 0 radical (unpaired) electrons. The predicted molar refractivity (Wildman–Crippen MR) is 60.3 cm³/mol. The fourth-order valence-corrected chi connectivity index (χ4v) is 2.03. The molecule has 76 valence electrons. The maximum absolute atomic E-state index is 4.33. The first-order valence-electron chi connectivity index (χ1n) is 4.93. The van der Waals surface area contributed by atoms with Gasteiger partial charge in [0.1, 0.15) is 16.2 Å². The SMILES string of the molecule is Cc1nc(Br)cc(NC(C)C2CC2)n1. The monoisotopic (exact) mass is 255 g/mol. The van der Waals surface area contributed by atoms with Gasteiger partial charge in [-0.1, -0.05) is 0 Å². The molecule has 1 aliphatic rings. The molecule has 1 N–H and O–H groups in total. The number of anilines is 1. The second-order valence-corrected chi connectivity index (χ2v) is 4.71. The first kappa shape index (κ1) is 9.90. The number of rotatable bonds is 3. The standard InChI is InChI=1S/C10H14BrN3/c1-6(8-3-4-8)12-10-5-9(11)13-7(2)14-10/h5-6,8H,3-4H2,1-2H3,(H,12,13,14). The summed E-state index contributed by atoms with van der Waals surface area (Å²) in [6.45, 7) is 4.11. The fourth-order valence-electron chi connectivity index (χ4n) is 1.55. The van der Waals surface area contributed by atoms with Crippen molar-refractivity contribution in [1.29, 1.82) is 0 Å². The summed E-state index contributed by atoms with van der Waals surface area (Å²) in [6.07, 6.45) is 2.69. The van der Waals surface area contributed by atoms with Crippen LogP contribution < -0.4 is 5.32 Å². The molecule has 1 fully saturated rings. The second-order valence-electron chi connectivity index (χ2n) is 3.89. The van der Waals surface area contributed by atoms with Crippen LogP contribution in [0.1, 0.15) is 25.6 Å². The minimum Gasteiger partial charge on any atom is -0.367 e. The Kier molecular flexibility index (Phi) is 2.72.